The molecule has 2 N–H and O–H groups in total. The molecule has 3 aromatic rings. The van der Waals surface area contributed by atoms with Gasteiger partial charge in [-0.1, -0.05) is 60.7 Å². The van der Waals surface area contributed by atoms with Gasteiger partial charge in [-0.3, -0.25) is 9.69 Å². The number of fused-ring (bicyclic) bond motifs is 2. The highest BCUT2D eigenvalue weighted by Crippen LogP contribution is 2.64. The van der Waals surface area contributed by atoms with Crippen LogP contribution in [0.1, 0.15) is 39.9 Å². The van der Waals surface area contributed by atoms with Crippen LogP contribution in [-0.2, 0) is 18.4 Å². The number of phenols is 1. The third-order valence-corrected chi connectivity index (χ3v) is 9.22. The topological polar surface area (TPSA) is 64.0 Å². The summed E-state index contributed by atoms with van der Waals surface area (Å²) < 4.78 is 0. The Kier molecular flexibility index (Phi) is 4.73. The molecule has 182 valence electrons. The number of carbonyl (C=O) groups excluding carboxylic acids is 1. The number of piperidine rings is 1. The Labute approximate surface area is 211 Å². The summed E-state index contributed by atoms with van der Waals surface area (Å²) in [5, 5.41) is 23.2. The highest BCUT2D eigenvalue weighted by molar-refractivity contribution is 5.95. The Balaban J connectivity index is 1.33. The van der Waals surface area contributed by atoms with E-state index in [0.29, 0.717) is 18.5 Å². The minimum atomic E-state index is -1.02. The summed E-state index contributed by atoms with van der Waals surface area (Å²) in [5.74, 6) is 0.243. The number of benzene rings is 3. The quantitative estimate of drug-likeness (QED) is 0.558. The Bertz CT molecular complexity index is 1370. The number of likely N-dealkylation sites (tertiary alicyclic amines) is 1. The molecule has 1 amide bonds. The molecule has 0 aromatic heterocycles. The molecule has 0 radical (unpaired) electrons. The van der Waals surface area contributed by atoms with Gasteiger partial charge in [-0.05, 0) is 59.4 Å². The first-order valence-corrected chi connectivity index (χ1v) is 12.9. The number of phenolic OH excluding ortho intramolecular Hbond substituents is 1. The smallest absolute Gasteiger partial charge is 0.254 e. The van der Waals surface area contributed by atoms with Crippen molar-refractivity contribution in [1.29, 1.82) is 0 Å². The second kappa shape index (κ2) is 7.79. The van der Waals surface area contributed by atoms with Crippen molar-refractivity contribution in [1.82, 2.24) is 9.80 Å². The van der Waals surface area contributed by atoms with Gasteiger partial charge >= 0.3 is 0 Å². The Morgan fingerprint density at radius 3 is 2.53 bits per heavy atom. The summed E-state index contributed by atoms with van der Waals surface area (Å²) >= 11 is 0. The Morgan fingerprint density at radius 2 is 1.75 bits per heavy atom. The zero-order valence-corrected chi connectivity index (χ0v) is 20.2. The predicted molar refractivity (Wildman–Crippen MR) is 138 cm³/mol. The lowest BCUT2D eigenvalue weighted by molar-refractivity contribution is -0.127. The minimum Gasteiger partial charge on any atom is -0.508 e. The van der Waals surface area contributed by atoms with E-state index < -0.39 is 11.0 Å². The van der Waals surface area contributed by atoms with Crippen LogP contribution >= 0.6 is 0 Å². The van der Waals surface area contributed by atoms with Gasteiger partial charge in [0.25, 0.3) is 5.91 Å². The normalized spacial score (nSPS) is 30.4. The minimum absolute atomic E-state index is 0.0114. The highest BCUT2D eigenvalue weighted by atomic mass is 16.3. The van der Waals surface area contributed by atoms with Crippen molar-refractivity contribution >= 4 is 5.91 Å². The first-order valence-electron chi connectivity index (χ1n) is 12.9. The zero-order valence-electron chi connectivity index (χ0n) is 20.2. The van der Waals surface area contributed by atoms with E-state index in [1.54, 1.807) is 6.07 Å². The van der Waals surface area contributed by atoms with Crippen LogP contribution in [0.4, 0.5) is 0 Å². The molecule has 4 unspecified atom stereocenters. The van der Waals surface area contributed by atoms with Gasteiger partial charge in [-0.2, -0.15) is 0 Å². The maximum atomic E-state index is 13.6. The second-order valence-electron chi connectivity index (χ2n) is 10.8. The van der Waals surface area contributed by atoms with Crippen molar-refractivity contribution in [3.05, 3.63) is 113 Å². The monoisotopic (exact) mass is 478 g/mol. The van der Waals surface area contributed by atoms with E-state index in [4.69, 9.17) is 0 Å². The van der Waals surface area contributed by atoms with E-state index >= 15 is 0 Å². The third-order valence-electron chi connectivity index (χ3n) is 9.22. The number of aromatic hydroxyl groups is 1. The van der Waals surface area contributed by atoms with Gasteiger partial charge in [0.05, 0.1) is 17.1 Å². The van der Waals surface area contributed by atoms with Crippen LogP contribution in [0.25, 0.3) is 0 Å². The standard InChI is InChI=1S/C31H30N2O3/c34-24-12-11-23-17-28-31(36)19-27-25(13-15-33(27)29(35)22-9-5-2-6-10-22)30(31,26(23)18-24)14-16-32(28)20-21-7-3-1-4-8-21/h1-13,18,27-28,34,36H,14-17,19-20H2. The summed E-state index contributed by atoms with van der Waals surface area (Å²) in [5.41, 5.74) is 3.70. The summed E-state index contributed by atoms with van der Waals surface area (Å²) in [6.45, 7) is 2.19. The predicted octanol–water partition coefficient (Wildman–Crippen LogP) is 4.05. The summed E-state index contributed by atoms with van der Waals surface area (Å²) in [7, 11) is 0. The lowest BCUT2D eigenvalue weighted by Crippen LogP contribution is -2.69. The largest absolute Gasteiger partial charge is 0.508 e. The highest BCUT2D eigenvalue weighted by Gasteiger charge is 2.71. The van der Waals surface area contributed by atoms with E-state index in [1.165, 1.54) is 11.1 Å². The van der Waals surface area contributed by atoms with Crippen molar-refractivity contribution in [3.63, 3.8) is 0 Å². The number of rotatable bonds is 3. The van der Waals surface area contributed by atoms with Crippen LogP contribution in [0.3, 0.4) is 0 Å². The summed E-state index contributed by atoms with van der Waals surface area (Å²) in [6.07, 6.45) is 4.20. The van der Waals surface area contributed by atoms with Crippen LogP contribution in [-0.4, -0.2) is 56.7 Å². The molecule has 2 aliphatic carbocycles. The van der Waals surface area contributed by atoms with Gasteiger partial charge in [0.1, 0.15) is 5.75 Å². The molecule has 2 aliphatic heterocycles. The van der Waals surface area contributed by atoms with Gasteiger partial charge in [-0.15, -0.1) is 0 Å². The molecule has 5 nitrogen and oxygen atoms in total. The fraction of sp³-hybridized carbons (Fsp3) is 0.323. The molecular formula is C31H30N2O3. The maximum Gasteiger partial charge on any atom is 0.254 e. The molecule has 5 heteroatoms. The molecule has 2 fully saturated rings. The van der Waals surface area contributed by atoms with E-state index in [9.17, 15) is 15.0 Å². The Morgan fingerprint density at radius 1 is 1.00 bits per heavy atom. The molecule has 4 aliphatic rings. The van der Waals surface area contributed by atoms with Crippen molar-refractivity contribution < 1.29 is 15.0 Å². The first kappa shape index (κ1) is 21.8. The van der Waals surface area contributed by atoms with Crippen molar-refractivity contribution in [3.8, 4) is 5.75 Å². The average molecular weight is 479 g/mol. The lowest BCUT2D eigenvalue weighted by Gasteiger charge is -2.59. The number of hydrogen-bond donors (Lipinski definition) is 2. The van der Waals surface area contributed by atoms with Crippen molar-refractivity contribution in [2.24, 2.45) is 0 Å². The van der Waals surface area contributed by atoms with Crippen LogP contribution in [0.5, 0.6) is 5.75 Å². The molecule has 1 saturated carbocycles. The number of aliphatic hydroxyl groups is 1. The van der Waals surface area contributed by atoms with E-state index in [2.05, 4.69) is 35.2 Å². The molecule has 1 saturated heterocycles. The number of carbonyl (C=O) groups is 1. The van der Waals surface area contributed by atoms with E-state index in [1.807, 2.05) is 53.4 Å². The van der Waals surface area contributed by atoms with Crippen LogP contribution in [0.2, 0.25) is 0 Å². The molecule has 4 atom stereocenters. The fourth-order valence-electron chi connectivity index (χ4n) is 7.72. The average Bonchev–Trinajstić information content (AvgIpc) is 3.42. The fourth-order valence-corrected chi connectivity index (χ4v) is 7.72. The van der Waals surface area contributed by atoms with Gasteiger partial charge in [0.2, 0.25) is 0 Å². The summed E-state index contributed by atoms with van der Waals surface area (Å²) in [4.78, 5) is 17.9. The molecule has 36 heavy (non-hydrogen) atoms. The van der Waals surface area contributed by atoms with Crippen molar-refractivity contribution in [2.45, 2.75) is 48.9 Å². The van der Waals surface area contributed by atoms with Gasteiger partial charge in [-0.25, -0.2) is 0 Å². The first-order chi connectivity index (χ1) is 17.5. The van der Waals surface area contributed by atoms with Crippen LogP contribution < -0.4 is 0 Å². The number of amides is 1. The Hall–Kier alpha value is -3.41. The number of hydrogen-bond acceptors (Lipinski definition) is 4. The third kappa shape index (κ3) is 2.87. The molecule has 2 heterocycles. The van der Waals surface area contributed by atoms with E-state index in [-0.39, 0.29) is 23.7 Å². The van der Waals surface area contributed by atoms with Gasteiger partial charge < -0.3 is 15.1 Å². The second-order valence-corrected chi connectivity index (χ2v) is 10.8. The van der Waals surface area contributed by atoms with Crippen molar-refractivity contribution in [2.75, 3.05) is 13.1 Å². The molecule has 0 spiro atoms. The zero-order chi connectivity index (χ0) is 24.5. The number of nitrogens with zero attached hydrogens (tertiary/aromatic N) is 2. The molecular weight excluding hydrogens is 448 g/mol. The van der Waals surface area contributed by atoms with Gasteiger partial charge in [0, 0.05) is 37.7 Å². The van der Waals surface area contributed by atoms with E-state index in [0.717, 1.165) is 37.1 Å². The summed E-state index contributed by atoms with van der Waals surface area (Å²) in [6, 6.07) is 25.3. The molecule has 7 rings (SSSR count). The van der Waals surface area contributed by atoms with Crippen LogP contribution in [0.15, 0.2) is 90.5 Å². The van der Waals surface area contributed by atoms with Crippen LogP contribution in [0, 0.1) is 0 Å². The SMILES string of the molecule is O=C(c1ccccc1)N1CC=C2C1CC1(O)C3Cc4ccc(O)cc4C21CCN3Cc1ccccc1. The molecule has 3 aromatic carbocycles. The maximum absolute atomic E-state index is 13.6. The lowest BCUT2D eigenvalue weighted by atomic mass is 9.55. The van der Waals surface area contributed by atoms with Gasteiger partial charge in [0.15, 0.2) is 0 Å². The molecule has 2 bridgehead atoms.